The Morgan fingerprint density at radius 2 is 1.21 bits per heavy atom. The van der Waals surface area contributed by atoms with Gasteiger partial charge in [0, 0.05) is 0 Å². The molecule has 144 valence electrons. The Hall–Kier alpha value is -2.87. The molecule has 3 aromatic carbocycles. The predicted octanol–water partition coefficient (Wildman–Crippen LogP) is 5.89. The molecular weight excluding hydrogens is 342 g/mol. The van der Waals surface area contributed by atoms with Crippen LogP contribution in [-0.4, -0.2) is 5.91 Å². The molecule has 0 aliphatic carbocycles. The third-order valence-electron chi connectivity index (χ3n) is 5.07. The lowest BCUT2D eigenvalue weighted by molar-refractivity contribution is -0.122. The molecule has 28 heavy (non-hydrogen) atoms. The Morgan fingerprint density at radius 1 is 0.714 bits per heavy atom. The molecule has 2 nitrogen and oxygen atoms in total. The van der Waals surface area contributed by atoms with Crippen molar-refractivity contribution in [2.75, 3.05) is 0 Å². The largest absolute Gasteiger partial charge is 0.345 e. The minimum absolute atomic E-state index is 0.0364. The molecule has 2 heteroatoms. The molecule has 0 heterocycles. The van der Waals surface area contributed by atoms with Crippen molar-refractivity contribution in [3.63, 3.8) is 0 Å². The lowest BCUT2D eigenvalue weighted by atomic mass is 9.94. The van der Waals surface area contributed by atoms with E-state index in [1.807, 2.05) is 43.3 Å². The van der Waals surface area contributed by atoms with E-state index in [1.165, 1.54) is 5.56 Å². The molecule has 0 spiro atoms. The van der Waals surface area contributed by atoms with Crippen molar-refractivity contribution in [2.45, 2.75) is 39.2 Å². The standard InChI is InChI=1S/C26H29NO/c1-19(2)18-21-14-16-22(17-15-21)20(3)26(28)27-25(23-10-6-4-7-11-23)24-12-8-5-9-13-24/h4-17,19-20,25H,18H2,1-3H3,(H,27,28)/t20-/m0/s1. The summed E-state index contributed by atoms with van der Waals surface area (Å²) in [6.07, 6.45) is 1.06. The molecule has 3 rings (SSSR count). The van der Waals surface area contributed by atoms with E-state index < -0.39 is 0 Å². The van der Waals surface area contributed by atoms with Gasteiger partial charge in [-0.25, -0.2) is 0 Å². The number of amides is 1. The number of carbonyl (C=O) groups excluding carboxylic acids is 1. The van der Waals surface area contributed by atoms with Crippen LogP contribution in [0.1, 0.15) is 55.0 Å². The molecule has 0 aromatic heterocycles. The predicted molar refractivity (Wildman–Crippen MR) is 116 cm³/mol. The van der Waals surface area contributed by atoms with Crippen molar-refractivity contribution in [1.29, 1.82) is 0 Å². The molecule has 0 unspecified atom stereocenters. The SMILES string of the molecule is CC(C)Cc1ccc([C@H](C)C(=O)NC(c2ccccc2)c2ccccc2)cc1. The number of carbonyl (C=O) groups is 1. The molecule has 0 saturated heterocycles. The minimum Gasteiger partial charge on any atom is -0.345 e. The van der Waals surface area contributed by atoms with Crippen LogP contribution in [0.4, 0.5) is 0 Å². The fourth-order valence-electron chi connectivity index (χ4n) is 3.48. The van der Waals surface area contributed by atoms with E-state index in [9.17, 15) is 4.79 Å². The van der Waals surface area contributed by atoms with Crippen molar-refractivity contribution >= 4 is 5.91 Å². The maximum atomic E-state index is 13.1. The van der Waals surface area contributed by atoms with Crippen LogP contribution in [0.25, 0.3) is 0 Å². The highest BCUT2D eigenvalue weighted by Gasteiger charge is 2.21. The van der Waals surface area contributed by atoms with Gasteiger partial charge in [-0.2, -0.15) is 0 Å². The van der Waals surface area contributed by atoms with E-state index in [1.54, 1.807) is 0 Å². The quantitative estimate of drug-likeness (QED) is 0.551. The lowest BCUT2D eigenvalue weighted by Crippen LogP contribution is -2.32. The molecule has 0 bridgehead atoms. The van der Waals surface area contributed by atoms with E-state index in [0.29, 0.717) is 5.92 Å². The molecule has 1 N–H and O–H groups in total. The molecule has 0 radical (unpaired) electrons. The highest BCUT2D eigenvalue weighted by molar-refractivity contribution is 5.84. The first-order valence-electron chi connectivity index (χ1n) is 10.0. The summed E-state index contributed by atoms with van der Waals surface area (Å²) in [5, 5.41) is 3.26. The van der Waals surface area contributed by atoms with Gasteiger partial charge in [0.15, 0.2) is 0 Å². The van der Waals surface area contributed by atoms with Gasteiger partial charge in [0.2, 0.25) is 5.91 Å². The van der Waals surface area contributed by atoms with Crippen LogP contribution >= 0.6 is 0 Å². The van der Waals surface area contributed by atoms with Crippen molar-refractivity contribution in [3.05, 3.63) is 107 Å². The summed E-state index contributed by atoms with van der Waals surface area (Å²) in [5.74, 6) is 0.460. The van der Waals surface area contributed by atoms with Gasteiger partial charge in [-0.15, -0.1) is 0 Å². The van der Waals surface area contributed by atoms with Crippen molar-refractivity contribution in [1.82, 2.24) is 5.32 Å². The third kappa shape index (κ3) is 5.10. The monoisotopic (exact) mass is 371 g/mol. The Bertz CT molecular complexity index is 830. The number of rotatable bonds is 7. The summed E-state index contributed by atoms with van der Waals surface area (Å²) in [6, 6.07) is 28.6. The van der Waals surface area contributed by atoms with E-state index in [0.717, 1.165) is 23.1 Å². The summed E-state index contributed by atoms with van der Waals surface area (Å²) in [6.45, 7) is 6.41. The highest BCUT2D eigenvalue weighted by Crippen LogP contribution is 2.24. The van der Waals surface area contributed by atoms with Crippen molar-refractivity contribution in [3.8, 4) is 0 Å². The number of hydrogen-bond donors (Lipinski definition) is 1. The summed E-state index contributed by atoms with van der Waals surface area (Å²) in [5.41, 5.74) is 4.53. The first kappa shape index (κ1) is 19.9. The zero-order valence-electron chi connectivity index (χ0n) is 16.9. The summed E-state index contributed by atoms with van der Waals surface area (Å²) < 4.78 is 0. The second-order valence-corrected chi connectivity index (χ2v) is 7.82. The van der Waals surface area contributed by atoms with Crippen LogP contribution in [0.15, 0.2) is 84.9 Å². The number of nitrogens with one attached hydrogen (secondary N) is 1. The van der Waals surface area contributed by atoms with Gasteiger partial charge in [-0.05, 0) is 41.5 Å². The average Bonchev–Trinajstić information content (AvgIpc) is 2.72. The maximum absolute atomic E-state index is 13.1. The molecule has 0 aliphatic heterocycles. The Labute approximate surface area is 168 Å². The fraction of sp³-hybridized carbons (Fsp3) is 0.269. The van der Waals surface area contributed by atoms with Crippen LogP contribution in [0.3, 0.4) is 0 Å². The van der Waals surface area contributed by atoms with Crippen LogP contribution < -0.4 is 5.32 Å². The fourth-order valence-corrected chi connectivity index (χ4v) is 3.48. The summed E-state index contributed by atoms with van der Waals surface area (Å²) in [7, 11) is 0. The molecule has 1 atom stereocenters. The smallest absolute Gasteiger partial charge is 0.228 e. The highest BCUT2D eigenvalue weighted by atomic mass is 16.1. The van der Waals surface area contributed by atoms with E-state index >= 15 is 0 Å². The van der Waals surface area contributed by atoms with Crippen molar-refractivity contribution in [2.24, 2.45) is 5.92 Å². The summed E-state index contributed by atoms with van der Waals surface area (Å²) in [4.78, 5) is 13.1. The molecule has 0 saturated carbocycles. The van der Waals surface area contributed by atoms with Gasteiger partial charge in [-0.3, -0.25) is 4.79 Å². The molecule has 0 aliphatic rings. The van der Waals surface area contributed by atoms with Gasteiger partial charge in [0.05, 0.1) is 12.0 Å². The first-order valence-corrected chi connectivity index (χ1v) is 10.0. The van der Waals surface area contributed by atoms with Crippen molar-refractivity contribution < 1.29 is 4.79 Å². The Balaban J connectivity index is 1.78. The number of hydrogen-bond acceptors (Lipinski definition) is 1. The first-order chi connectivity index (χ1) is 13.5. The zero-order valence-corrected chi connectivity index (χ0v) is 16.9. The van der Waals surface area contributed by atoms with Crippen LogP contribution in [0, 0.1) is 5.92 Å². The second-order valence-electron chi connectivity index (χ2n) is 7.82. The van der Waals surface area contributed by atoms with Gasteiger partial charge in [0.25, 0.3) is 0 Å². The molecule has 1 amide bonds. The second kappa shape index (κ2) is 9.36. The average molecular weight is 372 g/mol. The normalized spacial score (nSPS) is 12.2. The molecule has 3 aromatic rings. The van der Waals surface area contributed by atoms with E-state index in [4.69, 9.17) is 0 Å². The van der Waals surface area contributed by atoms with Gasteiger partial charge < -0.3 is 5.32 Å². The van der Waals surface area contributed by atoms with Gasteiger partial charge in [-0.1, -0.05) is 98.8 Å². The van der Waals surface area contributed by atoms with Crippen LogP contribution in [0.2, 0.25) is 0 Å². The lowest BCUT2D eigenvalue weighted by Gasteiger charge is -2.22. The third-order valence-corrected chi connectivity index (χ3v) is 5.07. The van der Waals surface area contributed by atoms with Gasteiger partial charge in [0.1, 0.15) is 0 Å². The van der Waals surface area contributed by atoms with Gasteiger partial charge >= 0.3 is 0 Å². The zero-order chi connectivity index (χ0) is 19.9. The topological polar surface area (TPSA) is 29.1 Å². The minimum atomic E-state index is -0.206. The van der Waals surface area contributed by atoms with E-state index in [-0.39, 0.29) is 17.9 Å². The van der Waals surface area contributed by atoms with Crippen LogP contribution in [0.5, 0.6) is 0 Å². The Morgan fingerprint density at radius 3 is 1.68 bits per heavy atom. The number of benzene rings is 3. The molecule has 0 fully saturated rings. The molecular formula is C26H29NO. The maximum Gasteiger partial charge on any atom is 0.228 e. The Kier molecular flexibility index (Phi) is 6.65. The summed E-state index contributed by atoms with van der Waals surface area (Å²) >= 11 is 0. The van der Waals surface area contributed by atoms with E-state index in [2.05, 4.69) is 67.7 Å². The van der Waals surface area contributed by atoms with Crippen LogP contribution in [-0.2, 0) is 11.2 Å².